The molecule has 9 heteroatoms. The Labute approximate surface area is 177 Å². The first-order chi connectivity index (χ1) is 14.9. The highest BCUT2D eigenvalue weighted by atomic mass is 16.6. The number of anilines is 1. The van der Waals surface area contributed by atoms with Gasteiger partial charge < -0.3 is 4.90 Å². The number of rotatable bonds is 7. The molecule has 0 atom stereocenters. The van der Waals surface area contributed by atoms with Crippen molar-refractivity contribution >= 4 is 28.0 Å². The molecule has 0 radical (unpaired) electrons. The SMILES string of the molecule is Cn1ncc2cc(N(Cc3ccccc3[N+](=O)[O-])Cc3ccccc3[N+](=O)[O-])ccc21. The fourth-order valence-electron chi connectivity index (χ4n) is 3.64. The lowest BCUT2D eigenvalue weighted by molar-refractivity contribution is -0.385. The summed E-state index contributed by atoms with van der Waals surface area (Å²) in [5, 5.41) is 28.2. The Kier molecular flexibility index (Phi) is 5.31. The topological polar surface area (TPSA) is 107 Å². The lowest BCUT2D eigenvalue weighted by Gasteiger charge is -2.25. The lowest BCUT2D eigenvalue weighted by atomic mass is 10.1. The van der Waals surface area contributed by atoms with Gasteiger partial charge in [0, 0.05) is 41.4 Å². The van der Waals surface area contributed by atoms with Gasteiger partial charge in [-0.25, -0.2) is 0 Å². The molecule has 0 N–H and O–H groups in total. The van der Waals surface area contributed by atoms with E-state index in [9.17, 15) is 20.2 Å². The molecule has 3 aromatic carbocycles. The zero-order valence-electron chi connectivity index (χ0n) is 16.7. The van der Waals surface area contributed by atoms with Gasteiger partial charge in [0.2, 0.25) is 0 Å². The average molecular weight is 417 g/mol. The van der Waals surface area contributed by atoms with E-state index in [4.69, 9.17) is 0 Å². The monoisotopic (exact) mass is 417 g/mol. The highest BCUT2D eigenvalue weighted by molar-refractivity contribution is 5.82. The number of benzene rings is 3. The quantitative estimate of drug-likeness (QED) is 0.321. The maximum Gasteiger partial charge on any atom is 0.274 e. The summed E-state index contributed by atoms with van der Waals surface area (Å²) < 4.78 is 1.76. The van der Waals surface area contributed by atoms with Gasteiger partial charge in [-0.15, -0.1) is 0 Å². The molecule has 9 nitrogen and oxygen atoms in total. The van der Waals surface area contributed by atoms with Gasteiger partial charge >= 0.3 is 0 Å². The smallest absolute Gasteiger partial charge is 0.274 e. The van der Waals surface area contributed by atoms with Gasteiger partial charge in [0.05, 0.1) is 34.6 Å². The second-order valence-electron chi connectivity index (χ2n) is 7.14. The van der Waals surface area contributed by atoms with Gasteiger partial charge in [0.15, 0.2) is 0 Å². The summed E-state index contributed by atoms with van der Waals surface area (Å²) in [5.74, 6) is 0. The van der Waals surface area contributed by atoms with Crippen LogP contribution in [0.2, 0.25) is 0 Å². The number of hydrogen-bond acceptors (Lipinski definition) is 6. The van der Waals surface area contributed by atoms with E-state index in [1.165, 1.54) is 12.1 Å². The summed E-state index contributed by atoms with van der Waals surface area (Å²) in [6.45, 7) is 0.434. The van der Waals surface area contributed by atoms with E-state index in [1.807, 2.05) is 30.1 Å². The van der Waals surface area contributed by atoms with Crippen LogP contribution in [0.4, 0.5) is 17.1 Å². The third kappa shape index (κ3) is 4.06. The summed E-state index contributed by atoms with van der Waals surface area (Å²) >= 11 is 0. The summed E-state index contributed by atoms with van der Waals surface area (Å²) in [6.07, 6.45) is 1.74. The Morgan fingerprint density at radius 3 is 1.97 bits per heavy atom. The Balaban J connectivity index is 1.78. The maximum atomic E-state index is 11.5. The van der Waals surface area contributed by atoms with Gasteiger partial charge in [-0.3, -0.25) is 24.9 Å². The van der Waals surface area contributed by atoms with Crippen molar-refractivity contribution < 1.29 is 9.85 Å². The van der Waals surface area contributed by atoms with Crippen LogP contribution >= 0.6 is 0 Å². The van der Waals surface area contributed by atoms with Crippen molar-refractivity contribution in [2.45, 2.75) is 13.1 Å². The largest absolute Gasteiger partial charge is 0.362 e. The zero-order chi connectivity index (χ0) is 22.0. The number of nitrogens with zero attached hydrogens (tertiary/aromatic N) is 5. The van der Waals surface area contributed by atoms with Crippen LogP contribution in [-0.4, -0.2) is 19.6 Å². The fourth-order valence-corrected chi connectivity index (χ4v) is 3.64. The highest BCUT2D eigenvalue weighted by Gasteiger charge is 2.20. The first-order valence-corrected chi connectivity index (χ1v) is 9.55. The molecule has 0 fully saturated rings. The van der Waals surface area contributed by atoms with Crippen molar-refractivity contribution in [1.82, 2.24) is 9.78 Å². The van der Waals surface area contributed by atoms with Gasteiger partial charge in [-0.2, -0.15) is 5.10 Å². The van der Waals surface area contributed by atoms with E-state index in [-0.39, 0.29) is 24.5 Å². The Hall–Kier alpha value is -4.27. The molecular formula is C22H19N5O4. The molecule has 0 aliphatic rings. The molecule has 0 bridgehead atoms. The summed E-state index contributed by atoms with van der Waals surface area (Å²) in [5.41, 5.74) is 2.81. The fraction of sp³-hybridized carbons (Fsp3) is 0.136. The molecular weight excluding hydrogens is 398 g/mol. The van der Waals surface area contributed by atoms with Crippen molar-refractivity contribution in [3.8, 4) is 0 Å². The summed E-state index contributed by atoms with van der Waals surface area (Å²) in [6, 6.07) is 18.8. The Morgan fingerprint density at radius 1 is 0.871 bits per heavy atom. The van der Waals surface area contributed by atoms with Crippen molar-refractivity contribution in [3.05, 3.63) is 104 Å². The second-order valence-corrected chi connectivity index (χ2v) is 7.14. The highest BCUT2D eigenvalue weighted by Crippen LogP contribution is 2.29. The van der Waals surface area contributed by atoms with Gasteiger partial charge in [0.1, 0.15) is 0 Å². The van der Waals surface area contributed by atoms with Gasteiger partial charge in [-0.1, -0.05) is 36.4 Å². The molecule has 0 unspecified atom stereocenters. The van der Waals surface area contributed by atoms with Crippen LogP contribution in [0.1, 0.15) is 11.1 Å². The number of hydrogen-bond donors (Lipinski definition) is 0. The van der Waals surface area contributed by atoms with E-state index in [1.54, 1.807) is 47.3 Å². The minimum absolute atomic E-state index is 0.0116. The van der Waals surface area contributed by atoms with Gasteiger partial charge in [-0.05, 0) is 18.2 Å². The molecule has 1 aromatic heterocycles. The van der Waals surface area contributed by atoms with Crippen molar-refractivity contribution in [2.75, 3.05) is 4.90 Å². The van der Waals surface area contributed by atoms with Crippen LogP contribution in [0, 0.1) is 20.2 Å². The summed E-state index contributed by atoms with van der Waals surface area (Å²) in [4.78, 5) is 24.1. The van der Waals surface area contributed by atoms with Crippen LogP contribution in [0.5, 0.6) is 0 Å². The average Bonchev–Trinajstić information content (AvgIpc) is 3.14. The molecule has 31 heavy (non-hydrogen) atoms. The number of aromatic nitrogens is 2. The molecule has 0 saturated heterocycles. The minimum Gasteiger partial charge on any atom is -0.362 e. The van der Waals surface area contributed by atoms with Crippen molar-refractivity contribution in [1.29, 1.82) is 0 Å². The first-order valence-electron chi connectivity index (χ1n) is 9.55. The van der Waals surface area contributed by atoms with E-state index < -0.39 is 9.85 Å². The molecule has 0 aliphatic heterocycles. The molecule has 156 valence electrons. The van der Waals surface area contributed by atoms with Crippen LogP contribution in [0.3, 0.4) is 0 Å². The predicted molar refractivity (Wildman–Crippen MR) is 117 cm³/mol. The molecule has 0 aliphatic carbocycles. The van der Waals surface area contributed by atoms with Crippen LogP contribution in [0.25, 0.3) is 10.9 Å². The Bertz CT molecular complexity index is 1220. The number of nitro benzene ring substituents is 2. The van der Waals surface area contributed by atoms with Crippen molar-refractivity contribution in [2.24, 2.45) is 7.05 Å². The predicted octanol–water partition coefficient (Wildman–Crippen LogP) is 4.60. The number of fused-ring (bicyclic) bond motifs is 1. The second kappa shape index (κ2) is 8.23. The minimum atomic E-state index is -0.414. The third-order valence-electron chi connectivity index (χ3n) is 5.19. The maximum absolute atomic E-state index is 11.5. The first kappa shape index (κ1) is 20.0. The Morgan fingerprint density at radius 2 is 1.42 bits per heavy atom. The van der Waals surface area contributed by atoms with Crippen LogP contribution in [0.15, 0.2) is 72.9 Å². The van der Waals surface area contributed by atoms with E-state index in [2.05, 4.69) is 5.10 Å². The number of aryl methyl sites for hydroxylation is 1. The van der Waals surface area contributed by atoms with E-state index in [0.29, 0.717) is 11.1 Å². The molecule has 0 saturated carbocycles. The van der Waals surface area contributed by atoms with E-state index in [0.717, 1.165) is 16.6 Å². The summed E-state index contributed by atoms with van der Waals surface area (Å²) in [7, 11) is 1.85. The number of nitro groups is 2. The van der Waals surface area contributed by atoms with Crippen LogP contribution in [-0.2, 0) is 20.1 Å². The lowest BCUT2D eigenvalue weighted by Crippen LogP contribution is -2.23. The normalized spacial score (nSPS) is 10.9. The number of para-hydroxylation sites is 2. The van der Waals surface area contributed by atoms with Gasteiger partial charge in [0.25, 0.3) is 11.4 Å². The molecule has 4 aromatic rings. The molecule has 0 spiro atoms. The standard InChI is InChI=1S/C22H19N5O4/c1-24-20-11-10-19(12-18(20)13-23-24)25(14-16-6-2-4-8-21(16)26(28)29)15-17-7-3-5-9-22(17)27(30)31/h2-13H,14-15H2,1H3. The zero-order valence-corrected chi connectivity index (χ0v) is 16.7. The molecule has 1 heterocycles. The van der Waals surface area contributed by atoms with Crippen LogP contribution < -0.4 is 4.90 Å². The molecule has 4 rings (SSSR count). The van der Waals surface area contributed by atoms with E-state index >= 15 is 0 Å². The third-order valence-corrected chi connectivity index (χ3v) is 5.19. The van der Waals surface area contributed by atoms with Crippen molar-refractivity contribution in [3.63, 3.8) is 0 Å². The molecule has 0 amide bonds.